The second kappa shape index (κ2) is 6.66. The molecule has 1 aromatic heterocycles. The molecule has 0 saturated carbocycles. The van der Waals surface area contributed by atoms with Crippen molar-refractivity contribution >= 4 is 49.2 Å². The topological polar surface area (TPSA) is 26.3 Å². The van der Waals surface area contributed by atoms with Crippen LogP contribution in [-0.2, 0) is 16.0 Å². The van der Waals surface area contributed by atoms with E-state index in [-0.39, 0.29) is 5.97 Å². The molecule has 15 heavy (non-hydrogen) atoms. The van der Waals surface area contributed by atoms with Crippen LogP contribution < -0.4 is 0 Å². The SMILES string of the molecule is CCOC(=O)CCCc1cc(Br)sc1Br. The fraction of sp³-hybridized carbons (Fsp3) is 0.500. The second-order valence-electron chi connectivity index (χ2n) is 3.01. The normalized spacial score (nSPS) is 10.3. The van der Waals surface area contributed by atoms with E-state index in [0.717, 1.165) is 20.4 Å². The van der Waals surface area contributed by atoms with E-state index in [4.69, 9.17) is 4.74 Å². The van der Waals surface area contributed by atoms with Crippen LogP contribution in [0.3, 0.4) is 0 Å². The summed E-state index contributed by atoms with van der Waals surface area (Å²) in [6.07, 6.45) is 2.23. The van der Waals surface area contributed by atoms with Crippen molar-refractivity contribution in [3.05, 3.63) is 19.2 Å². The van der Waals surface area contributed by atoms with E-state index in [9.17, 15) is 4.79 Å². The number of carbonyl (C=O) groups excluding carboxylic acids is 1. The van der Waals surface area contributed by atoms with Gasteiger partial charge < -0.3 is 4.74 Å². The van der Waals surface area contributed by atoms with Crippen LogP contribution >= 0.6 is 43.2 Å². The third-order valence-electron chi connectivity index (χ3n) is 1.86. The lowest BCUT2D eigenvalue weighted by Gasteiger charge is -2.01. The molecule has 0 spiro atoms. The van der Waals surface area contributed by atoms with Gasteiger partial charge in [0, 0.05) is 6.42 Å². The van der Waals surface area contributed by atoms with E-state index in [1.165, 1.54) is 5.56 Å². The first-order valence-corrected chi connectivity index (χ1v) is 7.13. The number of thiophene rings is 1. The Balaban J connectivity index is 2.31. The van der Waals surface area contributed by atoms with Gasteiger partial charge in [-0.2, -0.15) is 0 Å². The minimum atomic E-state index is -0.108. The van der Waals surface area contributed by atoms with E-state index >= 15 is 0 Å². The molecule has 5 heteroatoms. The van der Waals surface area contributed by atoms with Crippen LogP contribution in [0.1, 0.15) is 25.3 Å². The third-order valence-corrected chi connectivity index (χ3v) is 4.32. The van der Waals surface area contributed by atoms with Crippen LogP contribution in [0.5, 0.6) is 0 Å². The first-order valence-electron chi connectivity index (χ1n) is 4.72. The highest BCUT2D eigenvalue weighted by Crippen LogP contribution is 2.32. The molecule has 0 fully saturated rings. The maximum absolute atomic E-state index is 11.1. The van der Waals surface area contributed by atoms with Gasteiger partial charge in [-0.15, -0.1) is 11.3 Å². The van der Waals surface area contributed by atoms with Crippen molar-refractivity contribution in [2.75, 3.05) is 6.61 Å². The maximum Gasteiger partial charge on any atom is 0.305 e. The van der Waals surface area contributed by atoms with Gasteiger partial charge in [-0.05, 0) is 63.3 Å². The van der Waals surface area contributed by atoms with E-state index < -0.39 is 0 Å². The molecule has 0 aliphatic rings. The number of aryl methyl sites for hydroxylation is 1. The zero-order valence-electron chi connectivity index (χ0n) is 8.39. The summed E-state index contributed by atoms with van der Waals surface area (Å²) in [6.45, 7) is 2.29. The molecule has 0 atom stereocenters. The van der Waals surface area contributed by atoms with Gasteiger partial charge in [-0.3, -0.25) is 4.79 Å². The maximum atomic E-state index is 11.1. The van der Waals surface area contributed by atoms with E-state index in [2.05, 4.69) is 37.9 Å². The minimum absolute atomic E-state index is 0.108. The average molecular weight is 356 g/mol. The number of rotatable bonds is 5. The summed E-state index contributed by atoms with van der Waals surface area (Å²) >= 11 is 8.57. The van der Waals surface area contributed by atoms with Crippen LogP contribution in [0.4, 0.5) is 0 Å². The Morgan fingerprint density at radius 1 is 1.53 bits per heavy atom. The van der Waals surface area contributed by atoms with Gasteiger partial charge in [0.05, 0.1) is 14.2 Å². The van der Waals surface area contributed by atoms with Crippen LogP contribution in [0.25, 0.3) is 0 Å². The molecule has 1 heterocycles. The van der Waals surface area contributed by atoms with Gasteiger partial charge in [-0.1, -0.05) is 0 Å². The number of carbonyl (C=O) groups is 1. The highest BCUT2D eigenvalue weighted by molar-refractivity contribution is 9.12. The fourth-order valence-corrected chi connectivity index (χ4v) is 4.12. The lowest BCUT2D eigenvalue weighted by molar-refractivity contribution is -0.143. The summed E-state index contributed by atoms with van der Waals surface area (Å²) in [6, 6.07) is 2.08. The fourth-order valence-electron chi connectivity index (χ4n) is 1.20. The molecule has 1 rings (SSSR count). The number of esters is 1. The smallest absolute Gasteiger partial charge is 0.305 e. The molecule has 2 nitrogen and oxygen atoms in total. The van der Waals surface area contributed by atoms with Crippen molar-refractivity contribution in [3.63, 3.8) is 0 Å². The van der Waals surface area contributed by atoms with Crippen molar-refractivity contribution in [3.8, 4) is 0 Å². The molecule has 0 aliphatic heterocycles. The third kappa shape index (κ3) is 4.66. The second-order valence-corrected chi connectivity index (χ2v) is 6.76. The molecular weight excluding hydrogens is 344 g/mol. The quantitative estimate of drug-likeness (QED) is 0.741. The molecule has 0 bridgehead atoms. The molecule has 0 aliphatic carbocycles. The lowest BCUT2D eigenvalue weighted by atomic mass is 10.1. The zero-order chi connectivity index (χ0) is 11.3. The van der Waals surface area contributed by atoms with E-state index in [1.54, 1.807) is 11.3 Å². The van der Waals surface area contributed by atoms with Crippen LogP contribution in [0.2, 0.25) is 0 Å². The summed E-state index contributed by atoms with van der Waals surface area (Å²) in [5.74, 6) is -0.108. The van der Waals surface area contributed by atoms with Crippen molar-refractivity contribution in [1.82, 2.24) is 0 Å². The van der Waals surface area contributed by atoms with Gasteiger partial charge >= 0.3 is 5.97 Å². The summed E-state index contributed by atoms with van der Waals surface area (Å²) in [7, 11) is 0. The van der Waals surface area contributed by atoms with Gasteiger partial charge in [0.25, 0.3) is 0 Å². The predicted octanol–water partition coefficient (Wildman–Crippen LogP) is 4.16. The van der Waals surface area contributed by atoms with Crippen LogP contribution in [-0.4, -0.2) is 12.6 Å². The lowest BCUT2D eigenvalue weighted by Crippen LogP contribution is -2.03. The molecule has 84 valence electrons. The molecular formula is C10H12Br2O2S. The highest BCUT2D eigenvalue weighted by Gasteiger charge is 2.07. The summed E-state index contributed by atoms with van der Waals surface area (Å²) < 4.78 is 7.11. The molecule has 0 aromatic carbocycles. The van der Waals surface area contributed by atoms with Crippen molar-refractivity contribution in [2.24, 2.45) is 0 Å². The van der Waals surface area contributed by atoms with E-state index in [1.807, 2.05) is 6.92 Å². The van der Waals surface area contributed by atoms with Crippen LogP contribution in [0, 0.1) is 0 Å². The monoisotopic (exact) mass is 354 g/mol. The van der Waals surface area contributed by atoms with Crippen molar-refractivity contribution < 1.29 is 9.53 Å². The number of hydrogen-bond donors (Lipinski definition) is 0. The van der Waals surface area contributed by atoms with Gasteiger partial charge in [0.15, 0.2) is 0 Å². The number of hydrogen-bond acceptors (Lipinski definition) is 3. The summed E-state index contributed by atoms with van der Waals surface area (Å²) in [5, 5.41) is 0. The Hall–Kier alpha value is 0.130. The first kappa shape index (κ1) is 13.2. The molecule has 0 unspecified atom stereocenters. The largest absolute Gasteiger partial charge is 0.466 e. The predicted molar refractivity (Wildman–Crippen MR) is 69.3 cm³/mol. The summed E-state index contributed by atoms with van der Waals surface area (Å²) in [4.78, 5) is 11.1. The first-order chi connectivity index (χ1) is 7.13. The zero-order valence-corrected chi connectivity index (χ0v) is 12.4. The summed E-state index contributed by atoms with van der Waals surface area (Å²) in [5.41, 5.74) is 1.25. The Morgan fingerprint density at radius 3 is 2.80 bits per heavy atom. The molecule has 0 saturated heterocycles. The average Bonchev–Trinajstić information content (AvgIpc) is 2.46. The van der Waals surface area contributed by atoms with Crippen LogP contribution in [0.15, 0.2) is 13.6 Å². The molecule has 0 radical (unpaired) electrons. The van der Waals surface area contributed by atoms with Gasteiger partial charge in [-0.25, -0.2) is 0 Å². The Kier molecular flexibility index (Phi) is 5.86. The number of halogens is 2. The Labute approximate surface area is 110 Å². The number of ether oxygens (including phenoxy) is 1. The minimum Gasteiger partial charge on any atom is -0.466 e. The molecule has 0 N–H and O–H groups in total. The van der Waals surface area contributed by atoms with Crippen molar-refractivity contribution in [1.29, 1.82) is 0 Å². The highest BCUT2D eigenvalue weighted by atomic mass is 79.9. The van der Waals surface area contributed by atoms with Gasteiger partial charge in [0.2, 0.25) is 0 Å². The van der Waals surface area contributed by atoms with Crippen molar-refractivity contribution in [2.45, 2.75) is 26.2 Å². The molecule has 1 aromatic rings. The molecule has 0 amide bonds. The Bertz CT molecular complexity index is 336. The van der Waals surface area contributed by atoms with Gasteiger partial charge in [0.1, 0.15) is 0 Å². The Morgan fingerprint density at radius 2 is 2.27 bits per heavy atom. The van der Waals surface area contributed by atoms with E-state index in [0.29, 0.717) is 13.0 Å². The standard InChI is InChI=1S/C10H12Br2O2S/c1-2-14-9(13)5-3-4-7-6-8(11)15-10(7)12/h6H,2-5H2,1H3.